The van der Waals surface area contributed by atoms with Gasteiger partial charge < -0.3 is 4.90 Å². The number of nitrogens with one attached hydrogen (secondary N) is 1. The second-order valence-corrected chi connectivity index (χ2v) is 7.49. The quantitative estimate of drug-likeness (QED) is 0.836. The second-order valence-electron chi connectivity index (χ2n) is 5.33. The van der Waals surface area contributed by atoms with E-state index in [4.69, 9.17) is 5.26 Å². The van der Waals surface area contributed by atoms with Crippen LogP contribution in [0.3, 0.4) is 0 Å². The maximum Gasteiger partial charge on any atom is 0.246 e. The van der Waals surface area contributed by atoms with Crippen LogP contribution in [0.25, 0.3) is 6.08 Å². The number of nitrogens with zero attached hydrogens (tertiary/aromatic N) is 2. The van der Waals surface area contributed by atoms with Gasteiger partial charge in [0.15, 0.2) is 0 Å². The predicted molar refractivity (Wildman–Crippen MR) is 87.8 cm³/mol. The van der Waals surface area contributed by atoms with Crippen LogP contribution < -0.4 is 4.72 Å². The number of rotatable bonds is 4. The highest BCUT2D eigenvalue weighted by molar-refractivity contribution is 7.90. The van der Waals surface area contributed by atoms with Gasteiger partial charge >= 0.3 is 0 Å². The van der Waals surface area contributed by atoms with E-state index in [0.29, 0.717) is 30.5 Å². The Morgan fingerprint density at radius 2 is 2.17 bits per heavy atom. The molecule has 1 fully saturated rings. The van der Waals surface area contributed by atoms with Crippen LogP contribution in [0.2, 0.25) is 0 Å². The Hall–Kier alpha value is -2.17. The first kappa shape index (κ1) is 17.2. The minimum Gasteiger partial charge on any atom is -0.338 e. The summed E-state index contributed by atoms with van der Waals surface area (Å²) in [5, 5.41) is 8.45. The van der Waals surface area contributed by atoms with Crippen LogP contribution in [0.1, 0.15) is 24.0 Å². The molecule has 23 heavy (non-hydrogen) atoms. The summed E-state index contributed by atoms with van der Waals surface area (Å²) < 4.78 is 26.1. The fourth-order valence-electron chi connectivity index (χ4n) is 2.57. The Balaban J connectivity index is 2.09. The summed E-state index contributed by atoms with van der Waals surface area (Å²) in [7, 11) is -1.99. The first-order valence-corrected chi connectivity index (χ1v) is 8.91. The van der Waals surface area contributed by atoms with Crippen molar-refractivity contribution in [2.24, 2.45) is 0 Å². The van der Waals surface area contributed by atoms with Gasteiger partial charge in [-0.2, -0.15) is 5.26 Å². The van der Waals surface area contributed by atoms with Crippen LogP contribution in [0.15, 0.2) is 30.3 Å². The predicted octanol–water partition coefficient (Wildman–Crippen LogP) is 1.11. The highest BCUT2D eigenvalue weighted by atomic mass is 32.2. The minimum atomic E-state index is -3.38. The van der Waals surface area contributed by atoms with Crippen molar-refractivity contribution < 1.29 is 13.2 Å². The van der Waals surface area contributed by atoms with Gasteiger partial charge in [-0.25, -0.2) is 13.1 Å². The molecule has 1 unspecified atom stereocenters. The number of benzene rings is 1. The summed E-state index contributed by atoms with van der Waals surface area (Å²) in [4.78, 5) is 13.8. The zero-order valence-corrected chi connectivity index (χ0v) is 13.7. The number of amides is 1. The molecule has 1 aliphatic rings. The van der Waals surface area contributed by atoms with Crippen molar-refractivity contribution in [3.05, 3.63) is 41.5 Å². The second kappa shape index (κ2) is 7.40. The molecule has 0 aliphatic carbocycles. The van der Waals surface area contributed by atoms with Crippen molar-refractivity contribution in [1.82, 2.24) is 9.62 Å². The van der Waals surface area contributed by atoms with E-state index in [1.165, 1.54) is 18.0 Å². The number of nitriles is 1. The monoisotopic (exact) mass is 333 g/mol. The number of carbonyl (C=O) groups excluding carboxylic acids is 1. The van der Waals surface area contributed by atoms with Gasteiger partial charge in [0, 0.05) is 19.2 Å². The molecule has 1 N–H and O–H groups in total. The van der Waals surface area contributed by atoms with E-state index in [9.17, 15) is 13.2 Å². The third-order valence-electron chi connectivity index (χ3n) is 3.90. The lowest BCUT2D eigenvalue weighted by molar-refractivity contribution is -0.126. The van der Waals surface area contributed by atoms with Gasteiger partial charge in [-0.05, 0) is 37.6 Å². The van der Waals surface area contributed by atoms with E-state index in [1.807, 2.05) is 0 Å². The lowest BCUT2D eigenvalue weighted by atomic mass is 10.1. The van der Waals surface area contributed by atoms with Crippen molar-refractivity contribution >= 4 is 22.0 Å². The van der Waals surface area contributed by atoms with E-state index in [-0.39, 0.29) is 12.5 Å². The molecule has 1 aliphatic heterocycles. The molecule has 1 amide bonds. The summed E-state index contributed by atoms with van der Waals surface area (Å²) in [5.74, 6) is -0.242. The van der Waals surface area contributed by atoms with Gasteiger partial charge in [0.25, 0.3) is 0 Å². The smallest absolute Gasteiger partial charge is 0.246 e. The van der Waals surface area contributed by atoms with Crippen molar-refractivity contribution in [1.29, 1.82) is 5.26 Å². The van der Waals surface area contributed by atoms with Crippen molar-refractivity contribution in [3.63, 3.8) is 0 Å². The molecule has 2 rings (SSSR count). The molecule has 0 radical (unpaired) electrons. The molecule has 7 heteroatoms. The number of piperidine rings is 1. The molecule has 0 saturated carbocycles. The maximum absolute atomic E-state index is 12.3. The average molecular weight is 333 g/mol. The summed E-state index contributed by atoms with van der Waals surface area (Å²) in [6.45, 7) is 0.727. The Morgan fingerprint density at radius 3 is 2.87 bits per heavy atom. The van der Waals surface area contributed by atoms with E-state index in [1.54, 1.807) is 30.3 Å². The van der Waals surface area contributed by atoms with Gasteiger partial charge in [-0.3, -0.25) is 4.79 Å². The molecule has 1 aromatic carbocycles. The third kappa shape index (κ3) is 4.18. The zero-order chi connectivity index (χ0) is 16.9. The van der Waals surface area contributed by atoms with Crippen LogP contribution in [0, 0.1) is 11.3 Å². The molecular formula is C16H19N3O3S. The van der Waals surface area contributed by atoms with Crippen molar-refractivity contribution in [3.8, 4) is 6.07 Å². The SMILES string of the molecule is CNS(=O)(=O)C1CCCN(C(=O)/C=C/c2ccccc2C#N)C1. The lowest BCUT2D eigenvalue weighted by Gasteiger charge is -2.31. The van der Waals surface area contributed by atoms with Gasteiger partial charge in [-0.15, -0.1) is 0 Å². The van der Waals surface area contributed by atoms with Crippen LogP contribution >= 0.6 is 0 Å². The highest BCUT2D eigenvalue weighted by Crippen LogP contribution is 2.17. The topological polar surface area (TPSA) is 90.3 Å². The molecule has 6 nitrogen and oxygen atoms in total. The number of sulfonamides is 1. The molecule has 0 spiro atoms. The highest BCUT2D eigenvalue weighted by Gasteiger charge is 2.31. The van der Waals surface area contributed by atoms with Gasteiger partial charge in [-0.1, -0.05) is 18.2 Å². The molecule has 0 aromatic heterocycles. The average Bonchev–Trinajstić information content (AvgIpc) is 2.60. The normalized spacial score (nSPS) is 18.8. The molecule has 1 aromatic rings. The van der Waals surface area contributed by atoms with Crippen LogP contribution in [0.4, 0.5) is 0 Å². The molecule has 1 atom stereocenters. The Bertz CT molecular complexity index is 750. The molecular weight excluding hydrogens is 314 g/mol. The van der Waals surface area contributed by atoms with E-state index < -0.39 is 15.3 Å². The summed E-state index contributed by atoms with van der Waals surface area (Å²) in [6, 6.07) is 9.06. The molecule has 122 valence electrons. The Kier molecular flexibility index (Phi) is 5.53. The van der Waals surface area contributed by atoms with Crippen LogP contribution in [0.5, 0.6) is 0 Å². The fourth-order valence-corrected chi connectivity index (χ4v) is 3.76. The third-order valence-corrected chi connectivity index (χ3v) is 5.73. The van der Waals surface area contributed by atoms with Crippen LogP contribution in [-0.2, 0) is 14.8 Å². The van der Waals surface area contributed by atoms with Crippen molar-refractivity contribution in [2.45, 2.75) is 18.1 Å². The van der Waals surface area contributed by atoms with Gasteiger partial charge in [0.1, 0.15) is 0 Å². The molecule has 0 bridgehead atoms. The van der Waals surface area contributed by atoms with E-state index in [0.717, 1.165) is 0 Å². The van der Waals surface area contributed by atoms with Gasteiger partial charge in [0.05, 0.1) is 16.9 Å². The number of carbonyl (C=O) groups is 1. The first-order valence-electron chi connectivity index (χ1n) is 7.36. The van der Waals surface area contributed by atoms with E-state index in [2.05, 4.69) is 10.8 Å². The maximum atomic E-state index is 12.3. The van der Waals surface area contributed by atoms with Gasteiger partial charge in [0.2, 0.25) is 15.9 Å². The van der Waals surface area contributed by atoms with Crippen LogP contribution in [-0.4, -0.2) is 44.6 Å². The Morgan fingerprint density at radius 1 is 1.43 bits per heavy atom. The number of hydrogen-bond donors (Lipinski definition) is 1. The Labute approximate surface area is 136 Å². The largest absolute Gasteiger partial charge is 0.338 e. The lowest BCUT2D eigenvalue weighted by Crippen LogP contribution is -2.47. The fraction of sp³-hybridized carbons (Fsp3) is 0.375. The van der Waals surface area contributed by atoms with E-state index >= 15 is 0 Å². The number of hydrogen-bond acceptors (Lipinski definition) is 4. The summed E-state index contributed by atoms with van der Waals surface area (Å²) >= 11 is 0. The number of likely N-dealkylation sites (tertiary alicyclic amines) is 1. The molecule has 1 heterocycles. The zero-order valence-electron chi connectivity index (χ0n) is 12.9. The summed E-state index contributed by atoms with van der Waals surface area (Å²) in [5.41, 5.74) is 1.16. The summed E-state index contributed by atoms with van der Waals surface area (Å²) in [6.07, 6.45) is 4.19. The minimum absolute atomic E-state index is 0.187. The first-order chi connectivity index (χ1) is 11.0. The van der Waals surface area contributed by atoms with Crippen molar-refractivity contribution in [2.75, 3.05) is 20.1 Å². The standard InChI is InChI=1S/C16H19N3O3S/c1-18-23(21,22)15-7-4-10-19(12-15)16(20)9-8-13-5-2-3-6-14(13)11-17/h2-3,5-6,8-9,15,18H,4,7,10,12H2,1H3/b9-8+. The molecule has 1 saturated heterocycles.